The topological polar surface area (TPSA) is 55.2 Å². The van der Waals surface area contributed by atoms with Crippen LogP contribution in [0.4, 0.5) is 11.5 Å². The van der Waals surface area contributed by atoms with Gasteiger partial charge >= 0.3 is 0 Å². The minimum Gasteiger partial charge on any atom is -0.378 e. The number of nitrogens with zero attached hydrogens (tertiary/aromatic N) is 4. The van der Waals surface area contributed by atoms with Crippen LogP contribution in [-0.4, -0.2) is 41.1 Å². The Morgan fingerprint density at radius 1 is 1.00 bits per heavy atom. The first-order valence-electron chi connectivity index (χ1n) is 10.0. The molecule has 0 aliphatic carbocycles. The monoisotopic (exact) mass is 417 g/mol. The first-order chi connectivity index (χ1) is 14.8. The number of benzene rings is 2. The van der Waals surface area contributed by atoms with E-state index in [9.17, 15) is 0 Å². The lowest BCUT2D eigenvalue weighted by molar-refractivity contribution is 0.122. The Balaban J connectivity index is 1.36. The van der Waals surface area contributed by atoms with E-state index in [1.807, 2.05) is 36.0 Å². The van der Waals surface area contributed by atoms with Gasteiger partial charge in [-0.2, -0.15) is 5.10 Å². The van der Waals surface area contributed by atoms with Crippen LogP contribution in [0.1, 0.15) is 5.69 Å². The smallest absolute Gasteiger partial charge is 0.140 e. The zero-order valence-corrected chi connectivity index (χ0v) is 17.6. The number of morpholine rings is 1. The van der Waals surface area contributed by atoms with Gasteiger partial charge in [0, 0.05) is 41.3 Å². The molecule has 5 rings (SSSR count). The summed E-state index contributed by atoms with van der Waals surface area (Å²) in [5.41, 5.74) is 4.17. The van der Waals surface area contributed by atoms with Gasteiger partial charge in [0.2, 0.25) is 0 Å². The highest BCUT2D eigenvalue weighted by Crippen LogP contribution is 2.28. The highest BCUT2D eigenvalue weighted by Gasteiger charge is 2.13. The summed E-state index contributed by atoms with van der Waals surface area (Å²) in [6.45, 7) is 5.50. The van der Waals surface area contributed by atoms with Crippen molar-refractivity contribution in [2.45, 2.75) is 11.8 Å². The molecular weight excluding hydrogens is 394 g/mol. The molecule has 0 unspecified atom stereocenters. The summed E-state index contributed by atoms with van der Waals surface area (Å²) in [7, 11) is 0. The van der Waals surface area contributed by atoms with Gasteiger partial charge in [0.25, 0.3) is 0 Å². The van der Waals surface area contributed by atoms with Gasteiger partial charge in [-0.1, -0.05) is 6.07 Å². The summed E-state index contributed by atoms with van der Waals surface area (Å²) >= 11 is 1.59. The van der Waals surface area contributed by atoms with Gasteiger partial charge in [0.15, 0.2) is 0 Å². The molecule has 30 heavy (non-hydrogen) atoms. The molecule has 2 aromatic heterocycles. The Bertz CT molecular complexity index is 1150. The molecule has 1 aliphatic rings. The first kappa shape index (κ1) is 19.0. The Kier molecular flexibility index (Phi) is 5.29. The van der Waals surface area contributed by atoms with E-state index in [0.29, 0.717) is 0 Å². The fourth-order valence-electron chi connectivity index (χ4n) is 3.69. The number of rotatable bonds is 5. The highest BCUT2D eigenvalue weighted by atomic mass is 32.2. The summed E-state index contributed by atoms with van der Waals surface area (Å²) in [6.07, 6.45) is 1.82. The summed E-state index contributed by atoms with van der Waals surface area (Å²) in [5, 5.41) is 5.79. The minimum atomic E-state index is 0.797. The minimum absolute atomic E-state index is 0.797. The molecule has 0 saturated carbocycles. The molecule has 1 fully saturated rings. The summed E-state index contributed by atoms with van der Waals surface area (Å²) in [4.78, 5) is 7.98. The van der Waals surface area contributed by atoms with Crippen LogP contribution < -0.4 is 9.62 Å². The highest BCUT2D eigenvalue weighted by molar-refractivity contribution is 8.00. The number of aryl methyl sites for hydroxylation is 1. The molecule has 0 spiro atoms. The molecule has 4 aromatic rings. The van der Waals surface area contributed by atoms with Gasteiger partial charge in [0.1, 0.15) is 5.82 Å². The van der Waals surface area contributed by atoms with Crippen LogP contribution in [0.3, 0.4) is 0 Å². The predicted molar refractivity (Wildman–Crippen MR) is 123 cm³/mol. The fraction of sp³-hybridized carbons (Fsp3) is 0.217. The number of anilines is 2. The van der Waals surface area contributed by atoms with E-state index in [1.165, 1.54) is 5.69 Å². The van der Waals surface area contributed by atoms with Crippen molar-refractivity contribution in [2.75, 3.05) is 35.9 Å². The van der Waals surface area contributed by atoms with Gasteiger partial charge in [0.05, 0.1) is 30.1 Å². The maximum absolute atomic E-state index is 5.44. The second-order valence-electron chi connectivity index (χ2n) is 7.23. The van der Waals surface area contributed by atoms with Gasteiger partial charge in [-0.25, -0.2) is 4.68 Å². The second kappa shape index (κ2) is 8.38. The fourth-order valence-corrected chi connectivity index (χ4v) is 4.33. The third kappa shape index (κ3) is 3.86. The van der Waals surface area contributed by atoms with Crippen LogP contribution in [0.2, 0.25) is 0 Å². The number of hydrogen-bond donors (Lipinski definition) is 1. The zero-order valence-electron chi connectivity index (χ0n) is 16.8. The average molecular weight is 418 g/mol. The first-order valence-corrected chi connectivity index (χ1v) is 10.9. The second-order valence-corrected chi connectivity index (χ2v) is 8.11. The van der Waals surface area contributed by atoms with Crippen molar-refractivity contribution in [3.8, 4) is 5.69 Å². The van der Waals surface area contributed by atoms with Crippen LogP contribution in [-0.2, 0) is 4.74 Å². The SMILES string of the molecule is Cc1cc(NSc2ccc(N3CCOCC3)cc2)n(-c2cccc3ncccc23)n1. The van der Waals surface area contributed by atoms with Gasteiger partial charge < -0.3 is 14.4 Å². The number of hydrogen-bond acceptors (Lipinski definition) is 6. The van der Waals surface area contributed by atoms with Crippen LogP contribution in [0.25, 0.3) is 16.6 Å². The molecular formula is C23H23N5OS. The van der Waals surface area contributed by atoms with Crippen LogP contribution in [0.5, 0.6) is 0 Å². The molecule has 3 heterocycles. The molecule has 1 saturated heterocycles. The Hall–Kier alpha value is -3.03. The zero-order chi connectivity index (χ0) is 20.3. The molecule has 2 aromatic carbocycles. The average Bonchev–Trinajstić information content (AvgIpc) is 3.18. The van der Waals surface area contributed by atoms with E-state index in [0.717, 1.165) is 59.3 Å². The molecule has 0 bridgehead atoms. The molecule has 1 aliphatic heterocycles. The van der Waals surface area contributed by atoms with Crippen molar-refractivity contribution < 1.29 is 4.74 Å². The maximum Gasteiger partial charge on any atom is 0.140 e. The predicted octanol–water partition coefficient (Wildman–Crippen LogP) is 4.68. The number of aromatic nitrogens is 3. The molecule has 0 atom stereocenters. The van der Waals surface area contributed by atoms with E-state index in [-0.39, 0.29) is 0 Å². The molecule has 0 amide bonds. The van der Waals surface area contributed by atoms with Crippen molar-refractivity contribution in [1.82, 2.24) is 14.8 Å². The number of nitrogens with one attached hydrogen (secondary N) is 1. The van der Waals surface area contributed by atoms with Crippen molar-refractivity contribution >= 4 is 34.4 Å². The third-order valence-electron chi connectivity index (χ3n) is 5.17. The molecule has 1 N–H and O–H groups in total. The van der Waals surface area contributed by atoms with E-state index in [4.69, 9.17) is 9.84 Å². The summed E-state index contributed by atoms with van der Waals surface area (Å²) in [5.74, 6) is 0.936. The number of ether oxygens (including phenoxy) is 1. The standard InChI is InChI=1S/C23H23N5OS/c1-17-16-23(28(25-17)22-6-2-5-21-20(22)4-3-11-24-21)26-30-19-9-7-18(8-10-19)27-12-14-29-15-13-27/h2-11,16,26H,12-15H2,1H3. The summed E-state index contributed by atoms with van der Waals surface area (Å²) in [6, 6.07) is 20.9. The van der Waals surface area contributed by atoms with Gasteiger partial charge in [-0.3, -0.25) is 4.98 Å². The number of pyridine rings is 1. The lowest BCUT2D eigenvalue weighted by atomic mass is 10.2. The normalized spacial score (nSPS) is 14.2. The molecule has 6 nitrogen and oxygen atoms in total. The van der Waals surface area contributed by atoms with Crippen molar-refractivity contribution in [2.24, 2.45) is 0 Å². The van der Waals surface area contributed by atoms with E-state index >= 15 is 0 Å². The Morgan fingerprint density at radius 3 is 2.67 bits per heavy atom. The van der Waals surface area contributed by atoms with Crippen LogP contribution >= 0.6 is 11.9 Å². The van der Waals surface area contributed by atoms with E-state index in [2.05, 4.69) is 57.1 Å². The lowest BCUT2D eigenvalue weighted by Crippen LogP contribution is -2.36. The van der Waals surface area contributed by atoms with Gasteiger partial charge in [-0.15, -0.1) is 0 Å². The maximum atomic E-state index is 5.44. The summed E-state index contributed by atoms with van der Waals surface area (Å²) < 4.78 is 10.9. The van der Waals surface area contributed by atoms with E-state index in [1.54, 1.807) is 11.9 Å². The third-order valence-corrected chi connectivity index (χ3v) is 5.99. The van der Waals surface area contributed by atoms with Crippen LogP contribution in [0.15, 0.2) is 71.8 Å². The molecule has 0 radical (unpaired) electrons. The van der Waals surface area contributed by atoms with Crippen LogP contribution in [0, 0.1) is 6.92 Å². The van der Waals surface area contributed by atoms with Crippen molar-refractivity contribution in [3.63, 3.8) is 0 Å². The largest absolute Gasteiger partial charge is 0.378 e. The quantitative estimate of drug-likeness (QED) is 0.476. The molecule has 7 heteroatoms. The molecule has 152 valence electrons. The lowest BCUT2D eigenvalue weighted by Gasteiger charge is -2.28. The number of fused-ring (bicyclic) bond motifs is 1. The van der Waals surface area contributed by atoms with Crippen molar-refractivity contribution in [3.05, 3.63) is 72.6 Å². The van der Waals surface area contributed by atoms with Gasteiger partial charge in [-0.05, 0) is 67.4 Å². The Labute approximate surface area is 180 Å². The Morgan fingerprint density at radius 2 is 1.83 bits per heavy atom. The van der Waals surface area contributed by atoms with Crippen molar-refractivity contribution in [1.29, 1.82) is 0 Å². The van der Waals surface area contributed by atoms with E-state index < -0.39 is 0 Å².